The summed E-state index contributed by atoms with van der Waals surface area (Å²) in [4.78, 5) is 6.14. The van der Waals surface area contributed by atoms with Gasteiger partial charge in [0.25, 0.3) is 0 Å². The summed E-state index contributed by atoms with van der Waals surface area (Å²) >= 11 is 0. The lowest BCUT2D eigenvalue weighted by Gasteiger charge is -2.34. The largest absolute Gasteiger partial charge is 0.371 e. The van der Waals surface area contributed by atoms with E-state index in [1.807, 2.05) is 24.3 Å². The Bertz CT molecular complexity index is 862. The van der Waals surface area contributed by atoms with Crippen molar-refractivity contribution >= 4 is 15.7 Å². The van der Waals surface area contributed by atoms with Crippen LogP contribution in [-0.2, 0) is 10.0 Å². The first kappa shape index (κ1) is 17.4. The van der Waals surface area contributed by atoms with Gasteiger partial charge in [0, 0.05) is 37.7 Å². The fourth-order valence-electron chi connectivity index (χ4n) is 3.04. The van der Waals surface area contributed by atoms with Crippen LogP contribution in [0.2, 0.25) is 0 Å². The minimum Gasteiger partial charge on any atom is -0.371 e. The quantitative estimate of drug-likeness (QED) is 0.887. The van der Waals surface area contributed by atoms with E-state index in [-0.39, 0.29) is 16.4 Å². The lowest BCUT2D eigenvalue weighted by Crippen LogP contribution is -2.41. The van der Waals surface area contributed by atoms with Gasteiger partial charge in [0.15, 0.2) is 0 Å². The van der Waals surface area contributed by atoms with E-state index in [1.165, 1.54) is 24.1 Å². The molecule has 2 heterocycles. The minimum absolute atomic E-state index is 0.0299. The number of pyridine rings is 1. The SMILES string of the molecule is N#Cc1cncc(S(=O)(=O)NCC2CCCN(c3ccccc3)C2)c1. The number of anilines is 1. The van der Waals surface area contributed by atoms with E-state index >= 15 is 0 Å². The van der Waals surface area contributed by atoms with Crippen LogP contribution in [0.25, 0.3) is 0 Å². The molecule has 1 aliphatic rings. The van der Waals surface area contributed by atoms with Crippen LogP contribution in [0.5, 0.6) is 0 Å². The van der Waals surface area contributed by atoms with Gasteiger partial charge in [-0.15, -0.1) is 0 Å². The summed E-state index contributed by atoms with van der Waals surface area (Å²) in [6.45, 7) is 2.19. The molecule has 0 spiro atoms. The normalized spacial score (nSPS) is 17.9. The average Bonchev–Trinajstić information content (AvgIpc) is 2.67. The number of hydrogen-bond acceptors (Lipinski definition) is 5. The molecule has 1 atom stereocenters. The van der Waals surface area contributed by atoms with Crippen molar-refractivity contribution in [3.8, 4) is 6.07 Å². The van der Waals surface area contributed by atoms with E-state index < -0.39 is 10.0 Å². The van der Waals surface area contributed by atoms with Gasteiger partial charge in [-0.05, 0) is 37.0 Å². The van der Waals surface area contributed by atoms with Crippen LogP contribution in [-0.4, -0.2) is 33.0 Å². The zero-order valence-electron chi connectivity index (χ0n) is 13.8. The second-order valence-corrected chi connectivity index (χ2v) is 7.93. The van der Waals surface area contributed by atoms with Gasteiger partial charge >= 0.3 is 0 Å². The fourth-order valence-corrected chi connectivity index (χ4v) is 4.15. The molecule has 1 fully saturated rings. The van der Waals surface area contributed by atoms with E-state index in [1.54, 1.807) is 0 Å². The van der Waals surface area contributed by atoms with Crippen LogP contribution < -0.4 is 9.62 Å². The molecule has 0 amide bonds. The van der Waals surface area contributed by atoms with Gasteiger partial charge in [0.1, 0.15) is 11.0 Å². The number of benzene rings is 1. The van der Waals surface area contributed by atoms with Crippen molar-refractivity contribution in [1.29, 1.82) is 5.26 Å². The number of sulfonamides is 1. The van der Waals surface area contributed by atoms with Gasteiger partial charge in [-0.2, -0.15) is 5.26 Å². The van der Waals surface area contributed by atoms with Crippen LogP contribution in [0, 0.1) is 17.2 Å². The molecule has 1 aromatic heterocycles. The second-order valence-electron chi connectivity index (χ2n) is 6.16. The molecule has 25 heavy (non-hydrogen) atoms. The molecular weight excluding hydrogens is 336 g/mol. The van der Waals surface area contributed by atoms with Crippen molar-refractivity contribution in [3.63, 3.8) is 0 Å². The molecule has 0 radical (unpaired) electrons. The maximum atomic E-state index is 12.4. The summed E-state index contributed by atoms with van der Waals surface area (Å²) in [5.41, 5.74) is 1.40. The summed E-state index contributed by atoms with van der Waals surface area (Å²) < 4.78 is 27.5. The van der Waals surface area contributed by atoms with Crippen molar-refractivity contribution in [3.05, 3.63) is 54.4 Å². The van der Waals surface area contributed by atoms with Crippen molar-refractivity contribution in [2.24, 2.45) is 5.92 Å². The Labute approximate surface area is 148 Å². The molecule has 0 bridgehead atoms. The van der Waals surface area contributed by atoms with Gasteiger partial charge in [-0.3, -0.25) is 4.98 Å². The molecule has 1 saturated heterocycles. The Morgan fingerprint density at radius 2 is 2.08 bits per heavy atom. The molecule has 1 aromatic carbocycles. The van der Waals surface area contributed by atoms with Crippen LogP contribution in [0.1, 0.15) is 18.4 Å². The van der Waals surface area contributed by atoms with Crippen LogP contribution in [0.4, 0.5) is 5.69 Å². The first-order valence-corrected chi connectivity index (χ1v) is 9.71. The number of nitrogens with one attached hydrogen (secondary N) is 1. The third-order valence-corrected chi connectivity index (χ3v) is 5.75. The topological polar surface area (TPSA) is 86.1 Å². The van der Waals surface area contributed by atoms with Gasteiger partial charge < -0.3 is 4.90 Å². The molecule has 6 nitrogen and oxygen atoms in total. The Morgan fingerprint density at radius 1 is 1.28 bits per heavy atom. The number of nitriles is 1. The van der Waals surface area contributed by atoms with Crippen molar-refractivity contribution in [2.45, 2.75) is 17.7 Å². The van der Waals surface area contributed by atoms with Gasteiger partial charge in [-0.1, -0.05) is 18.2 Å². The third kappa shape index (κ3) is 4.35. The second kappa shape index (κ2) is 7.64. The summed E-state index contributed by atoms with van der Waals surface area (Å²) in [5.74, 6) is 0.246. The van der Waals surface area contributed by atoms with E-state index in [0.717, 1.165) is 25.9 Å². The van der Waals surface area contributed by atoms with E-state index in [9.17, 15) is 8.42 Å². The number of piperidine rings is 1. The highest BCUT2D eigenvalue weighted by molar-refractivity contribution is 7.89. The summed E-state index contributed by atoms with van der Waals surface area (Å²) in [7, 11) is -3.66. The van der Waals surface area contributed by atoms with Crippen LogP contribution in [0.3, 0.4) is 0 Å². The number of nitrogens with zero attached hydrogens (tertiary/aromatic N) is 3. The highest BCUT2D eigenvalue weighted by Gasteiger charge is 2.23. The highest BCUT2D eigenvalue weighted by Crippen LogP contribution is 2.23. The maximum absolute atomic E-state index is 12.4. The average molecular weight is 356 g/mol. The summed E-state index contributed by atoms with van der Waals surface area (Å²) in [6.07, 6.45) is 4.63. The Balaban J connectivity index is 1.63. The van der Waals surface area contributed by atoms with Crippen LogP contribution >= 0.6 is 0 Å². The van der Waals surface area contributed by atoms with Crippen molar-refractivity contribution in [2.75, 3.05) is 24.5 Å². The molecule has 1 aliphatic heterocycles. The maximum Gasteiger partial charge on any atom is 0.242 e. The van der Waals surface area contributed by atoms with E-state index in [4.69, 9.17) is 5.26 Å². The lowest BCUT2D eigenvalue weighted by atomic mass is 9.98. The molecular formula is C18H20N4O2S. The standard InChI is InChI=1S/C18H20N4O2S/c19-10-16-9-18(13-20-11-16)25(23,24)21-12-15-5-4-8-22(14-15)17-6-2-1-3-7-17/h1-3,6-7,9,11,13,15,21H,4-5,8,12,14H2. The number of aromatic nitrogens is 1. The van der Waals surface area contributed by atoms with Gasteiger partial charge in [0.2, 0.25) is 10.0 Å². The van der Waals surface area contributed by atoms with E-state index in [0.29, 0.717) is 6.54 Å². The molecule has 2 aromatic rings. The van der Waals surface area contributed by atoms with Gasteiger partial charge in [-0.25, -0.2) is 13.1 Å². The predicted molar refractivity (Wildman–Crippen MR) is 95.5 cm³/mol. The summed E-state index contributed by atoms with van der Waals surface area (Å²) in [6, 6.07) is 13.4. The summed E-state index contributed by atoms with van der Waals surface area (Å²) in [5, 5.41) is 8.89. The number of rotatable bonds is 5. The van der Waals surface area contributed by atoms with E-state index in [2.05, 4.69) is 26.7 Å². The zero-order chi connectivity index (χ0) is 17.7. The number of hydrogen-bond donors (Lipinski definition) is 1. The smallest absolute Gasteiger partial charge is 0.242 e. The molecule has 7 heteroatoms. The Kier molecular flexibility index (Phi) is 5.31. The Morgan fingerprint density at radius 3 is 2.84 bits per heavy atom. The van der Waals surface area contributed by atoms with Crippen molar-refractivity contribution in [1.82, 2.24) is 9.71 Å². The zero-order valence-corrected chi connectivity index (χ0v) is 14.6. The molecule has 0 aliphatic carbocycles. The predicted octanol–water partition coefficient (Wildman–Crippen LogP) is 2.15. The van der Waals surface area contributed by atoms with Gasteiger partial charge in [0.05, 0.1) is 5.56 Å². The molecule has 0 saturated carbocycles. The first-order chi connectivity index (χ1) is 12.1. The van der Waals surface area contributed by atoms with Crippen molar-refractivity contribution < 1.29 is 8.42 Å². The lowest BCUT2D eigenvalue weighted by molar-refractivity contribution is 0.411. The molecule has 3 rings (SSSR count). The van der Waals surface area contributed by atoms with Crippen LogP contribution in [0.15, 0.2) is 53.7 Å². The number of para-hydroxylation sites is 1. The molecule has 1 unspecified atom stereocenters. The highest BCUT2D eigenvalue weighted by atomic mass is 32.2. The Hall–Kier alpha value is -2.43. The minimum atomic E-state index is -3.66. The fraction of sp³-hybridized carbons (Fsp3) is 0.333. The molecule has 130 valence electrons. The first-order valence-electron chi connectivity index (χ1n) is 8.23. The molecule has 1 N–H and O–H groups in total. The monoisotopic (exact) mass is 356 g/mol. The third-order valence-electron chi connectivity index (χ3n) is 4.35.